The van der Waals surface area contributed by atoms with Crippen LogP contribution in [0.2, 0.25) is 0 Å². The molecule has 0 spiro atoms. The smallest absolute Gasteiger partial charge is 0.307 e. The molecule has 0 amide bonds. The maximum absolute atomic E-state index is 14.0. The van der Waals surface area contributed by atoms with E-state index in [2.05, 4.69) is 0 Å². The second-order valence-electron chi connectivity index (χ2n) is 10.3. The van der Waals surface area contributed by atoms with Crippen molar-refractivity contribution in [2.45, 2.75) is 25.4 Å². The van der Waals surface area contributed by atoms with Gasteiger partial charge in [-0.15, -0.1) is 0 Å². The molecule has 0 aliphatic carbocycles. The lowest BCUT2D eigenvalue weighted by atomic mass is 9.75. The number of benzene rings is 3. The van der Waals surface area contributed by atoms with Gasteiger partial charge in [-0.2, -0.15) is 0 Å². The number of carbonyl (C=O) groups excluding carboxylic acids is 2. The van der Waals surface area contributed by atoms with Gasteiger partial charge in [0.05, 0.1) is 26.1 Å². The Morgan fingerprint density at radius 3 is 2.00 bits per heavy atom. The van der Waals surface area contributed by atoms with Crippen molar-refractivity contribution in [3.8, 4) is 0 Å². The van der Waals surface area contributed by atoms with Crippen LogP contribution in [0, 0.1) is 29.3 Å². The van der Waals surface area contributed by atoms with Gasteiger partial charge >= 0.3 is 5.97 Å². The van der Waals surface area contributed by atoms with Crippen molar-refractivity contribution in [3.63, 3.8) is 0 Å². The summed E-state index contributed by atoms with van der Waals surface area (Å²) in [6, 6.07) is 17.2. The highest BCUT2D eigenvalue weighted by Crippen LogP contribution is 2.40. The third-order valence-corrected chi connectivity index (χ3v) is 7.86. The fourth-order valence-electron chi connectivity index (χ4n) is 5.98. The first-order valence-corrected chi connectivity index (χ1v) is 12.6. The molecule has 192 valence electrons. The molecule has 0 unspecified atom stereocenters. The molecule has 0 saturated carbocycles. The largest absolute Gasteiger partial charge is 0.453 e. The van der Waals surface area contributed by atoms with Crippen molar-refractivity contribution >= 4 is 11.8 Å². The van der Waals surface area contributed by atoms with Crippen molar-refractivity contribution < 1.29 is 32.0 Å². The van der Waals surface area contributed by atoms with Crippen molar-refractivity contribution in [1.29, 1.82) is 0 Å². The Kier molecular flexibility index (Phi) is 7.15. The minimum absolute atomic E-state index is 0.0288. The van der Waals surface area contributed by atoms with Gasteiger partial charge < -0.3 is 9.22 Å². The molecule has 0 aromatic heterocycles. The number of ether oxygens (including phenoxy) is 1. The molecule has 3 aromatic rings. The van der Waals surface area contributed by atoms with Crippen LogP contribution in [0.4, 0.5) is 13.2 Å². The third kappa shape index (κ3) is 5.77. The van der Waals surface area contributed by atoms with Gasteiger partial charge in [-0.05, 0) is 65.6 Å². The van der Waals surface area contributed by atoms with Crippen LogP contribution in [0.3, 0.4) is 0 Å². The Balaban J connectivity index is 1.29. The van der Waals surface area contributed by atoms with E-state index in [-0.39, 0.29) is 23.9 Å². The standard InChI is InChI=1S/C30H29F3NO3/c31-25-9-7-21(8-10-25)28(35)19-34-13-11-20(12-14-34)24(18-34)17-29(36)37-30(22-3-1-5-26(32)15-22)23-4-2-6-27(33)16-23/h1-10,15-16,20,24,30H,11-14,17-19H2/q+1/t20?,24-,34?/m0/s1. The summed E-state index contributed by atoms with van der Waals surface area (Å²) < 4.78 is 47.7. The van der Waals surface area contributed by atoms with Crippen LogP contribution in [0.25, 0.3) is 0 Å². The fraction of sp³-hybridized carbons (Fsp3) is 0.333. The number of nitrogens with zero attached hydrogens (tertiary/aromatic N) is 1. The summed E-state index contributed by atoms with van der Waals surface area (Å²) >= 11 is 0. The maximum Gasteiger partial charge on any atom is 0.307 e. The predicted molar refractivity (Wildman–Crippen MR) is 132 cm³/mol. The molecule has 6 rings (SSSR count). The van der Waals surface area contributed by atoms with E-state index in [0.29, 0.717) is 40.2 Å². The van der Waals surface area contributed by atoms with Crippen molar-refractivity contribution in [1.82, 2.24) is 0 Å². The van der Waals surface area contributed by atoms with Gasteiger partial charge in [0, 0.05) is 24.3 Å². The first kappa shape index (κ1) is 25.2. The maximum atomic E-state index is 14.0. The Labute approximate surface area is 214 Å². The molecule has 1 atom stereocenters. The molecular weight excluding hydrogens is 479 g/mol. The molecule has 3 aliphatic rings. The van der Waals surface area contributed by atoms with Crippen LogP contribution < -0.4 is 0 Å². The number of carbonyl (C=O) groups is 2. The molecule has 2 bridgehead atoms. The van der Waals surface area contributed by atoms with E-state index in [0.717, 1.165) is 25.9 Å². The van der Waals surface area contributed by atoms with E-state index < -0.39 is 23.7 Å². The number of quaternary nitrogens is 1. The molecule has 0 radical (unpaired) electrons. The van der Waals surface area contributed by atoms with E-state index in [9.17, 15) is 22.8 Å². The van der Waals surface area contributed by atoms with Gasteiger partial charge in [0.2, 0.25) is 5.78 Å². The first-order valence-electron chi connectivity index (χ1n) is 12.6. The molecule has 3 saturated heterocycles. The first-order chi connectivity index (χ1) is 17.8. The lowest BCUT2D eigenvalue weighted by molar-refractivity contribution is -0.939. The van der Waals surface area contributed by atoms with Crippen LogP contribution in [-0.4, -0.2) is 42.4 Å². The Morgan fingerprint density at radius 2 is 1.43 bits per heavy atom. The van der Waals surface area contributed by atoms with E-state index in [1.54, 1.807) is 12.1 Å². The molecule has 3 aromatic carbocycles. The molecule has 4 nitrogen and oxygen atoms in total. The summed E-state index contributed by atoms with van der Waals surface area (Å²) in [4.78, 5) is 26.1. The number of piperidine rings is 3. The van der Waals surface area contributed by atoms with Gasteiger partial charge in [0.15, 0.2) is 6.10 Å². The van der Waals surface area contributed by atoms with E-state index in [4.69, 9.17) is 4.74 Å². The number of fused-ring (bicyclic) bond motifs is 3. The van der Waals surface area contributed by atoms with Crippen molar-refractivity contribution in [3.05, 3.63) is 107 Å². The third-order valence-electron chi connectivity index (χ3n) is 7.86. The highest BCUT2D eigenvalue weighted by Gasteiger charge is 2.47. The van der Waals surface area contributed by atoms with E-state index in [1.165, 1.54) is 60.7 Å². The van der Waals surface area contributed by atoms with E-state index in [1.807, 2.05) is 0 Å². The fourth-order valence-corrected chi connectivity index (χ4v) is 5.98. The van der Waals surface area contributed by atoms with Gasteiger partial charge in [-0.25, -0.2) is 13.2 Å². The summed E-state index contributed by atoms with van der Waals surface area (Å²) in [5.74, 6) is -1.35. The van der Waals surface area contributed by atoms with Gasteiger partial charge in [-0.3, -0.25) is 9.59 Å². The predicted octanol–water partition coefficient (Wildman–Crippen LogP) is 5.87. The SMILES string of the molecule is O=C(C[C@H]1C[N+]2(CC(=O)c3ccc(F)cc3)CCC1CC2)OC(c1cccc(F)c1)c1cccc(F)c1. The lowest BCUT2D eigenvalue weighted by Crippen LogP contribution is -2.63. The van der Waals surface area contributed by atoms with Crippen LogP contribution in [0.5, 0.6) is 0 Å². The zero-order valence-electron chi connectivity index (χ0n) is 20.4. The molecular formula is C30H29F3NO3+. The number of hydrogen-bond acceptors (Lipinski definition) is 3. The van der Waals surface area contributed by atoms with Crippen molar-refractivity contribution in [2.24, 2.45) is 11.8 Å². The summed E-state index contributed by atoms with van der Waals surface area (Å²) in [7, 11) is 0. The zero-order chi connectivity index (χ0) is 26.0. The number of ketones is 1. The van der Waals surface area contributed by atoms with Crippen LogP contribution in [-0.2, 0) is 9.53 Å². The minimum atomic E-state index is -0.928. The summed E-state index contributed by atoms with van der Waals surface area (Å²) in [6.45, 7) is 2.76. The molecule has 37 heavy (non-hydrogen) atoms. The number of esters is 1. The van der Waals surface area contributed by atoms with Crippen LogP contribution >= 0.6 is 0 Å². The minimum Gasteiger partial charge on any atom is -0.453 e. The van der Waals surface area contributed by atoms with Gasteiger partial charge in [-0.1, -0.05) is 24.3 Å². The molecule has 7 heteroatoms. The average molecular weight is 509 g/mol. The Morgan fingerprint density at radius 1 is 0.838 bits per heavy atom. The molecule has 3 heterocycles. The second-order valence-corrected chi connectivity index (χ2v) is 10.3. The second kappa shape index (κ2) is 10.5. The monoisotopic (exact) mass is 508 g/mol. The molecule has 3 fully saturated rings. The Hall–Kier alpha value is -3.45. The highest BCUT2D eigenvalue weighted by atomic mass is 19.1. The molecule has 0 N–H and O–H groups in total. The summed E-state index contributed by atoms with van der Waals surface area (Å²) in [6.07, 6.45) is 1.09. The topological polar surface area (TPSA) is 43.4 Å². The van der Waals surface area contributed by atoms with Gasteiger partial charge in [0.25, 0.3) is 0 Å². The van der Waals surface area contributed by atoms with Crippen molar-refractivity contribution in [2.75, 3.05) is 26.2 Å². The average Bonchev–Trinajstić information content (AvgIpc) is 2.88. The summed E-state index contributed by atoms with van der Waals surface area (Å²) in [5.41, 5.74) is 1.35. The van der Waals surface area contributed by atoms with E-state index >= 15 is 0 Å². The summed E-state index contributed by atoms with van der Waals surface area (Å²) in [5, 5.41) is 0. The highest BCUT2D eigenvalue weighted by molar-refractivity contribution is 5.97. The number of halogens is 3. The van der Waals surface area contributed by atoms with Crippen LogP contribution in [0.1, 0.15) is 46.9 Å². The lowest BCUT2D eigenvalue weighted by Gasteiger charge is -2.52. The Bertz CT molecular complexity index is 1240. The normalized spacial score (nSPS) is 22.7. The van der Waals surface area contributed by atoms with Gasteiger partial charge in [0.1, 0.15) is 24.0 Å². The van der Waals surface area contributed by atoms with Crippen LogP contribution in [0.15, 0.2) is 72.8 Å². The zero-order valence-corrected chi connectivity index (χ0v) is 20.4. The molecule has 3 aliphatic heterocycles. The quantitative estimate of drug-likeness (QED) is 0.217. The number of hydrogen-bond donors (Lipinski definition) is 0. The number of Topliss-reactive ketones (excluding diaryl/α,β-unsaturated/α-hetero) is 1. The number of rotatable bonds is 8.